The molecule has 0 unspecified atom stereocenters. The Hall–Kier alpha value is -3.61. The van der Waals surface area contributed by atoms with Crippen molar-refractivity contribution in [3.63, 3.8) is 0 Å². The quantitative estimate of drug-likeness (QED) is 0.708. The summed E-state index contributed by atoms with van der Waals surface area (Å²) in [6.45, 7) is 0. The molecule has 1 aromatic heterocycles. The molecule has 2 aromatic carbocycles. The third-order valence-electron chi connectivity index (χ3n) is 3.57. The van der Waals surface area contributed by atoms with Crippen molar-refractivity contribution in [3.05, 3.63) is 66.5 Å². The SMILES string of the molecule is COc1cccc(NC(=O)c2ccnc(Nc3ccccc3OC)n2)c1. The summed E-state index contributed by atoms with van der Waals surface area (Å²) in [5, 5.41) is 5.84. The molecule has 0 aliphatic carbocycles. The fourth-order valence-electron chi connectivity index (χ4n) is 2.31. The zero-order valence-corrected chi connectivity index (χ0v) is 14.4. The summed E-state index contributed by atoms with van der Waals surface area (Å²) in [6.07, 6.45) is 1.52. The smallest absolute Gasteiger partial charge is 0.274 e. The van der Waals surface area contributed by atoms with Crippen molar-refractivity contribution in [1.82, 2.24) is 9.97 Å². The van der Waals surface area contributed by atoms with E-state index in [0.29, 0.717) is 28.8 Å². The first-order chi connectivity index (χ1) is 12.7. The molecule has 1 heterocycles. The van der Waals surface area contributed by atoms with Gasteiger partial charge in [-0.1, -0.05) is 18.2 Å². The van der Waals surface area contributed by atoms with E-state index in [2.05, 4.69) is 20.6 Å². The average Bonchev–Trinajstić information content (AvgIpc) is 2.69. The first-order valence-corrected chi connectivity index (χ1v) is 7.88. The van der Waals surface area contributed by atoms with Gasteiger partial charge < -0.3 is 20.1 Å². The summed E-state index contributed by atoms with van der Waals surface area (Å²) < 4.78 is 10.4. The fourth-order valence-corrected chi connectivity index (χ4v) is 2.31. The van der Waals surface area contributed by atoms with Gasteiger partial charge in [0.05, 0.1) is 19.9 Å². The Labute approximate surface area is 151 Å². The lowest BCUT2D eigenvalue weighted by atomic mass is 10.3. The summed E-state index contributed by atoms with van der Waals surface area (Å²) in [5.74, 6) is 1.27. The number of para-hydroxylation sites is 2. The standard InChI is InChI=1S/C19H18N4O3/c1-25-14-7-5-6-13(12-14)21-18(24)16-10-11-20-19(23-16)22-15-8-3-4-9-17(15)26-2/h3-12H,1-2H3,(H,21,24)(H,20,22,23). The van der Waals surface area contributed by atoms with Gasteiger partial charge in [0.15, 0.2) is 0 Å². The lowest BCUT2D eigenvalue weighted by Crippen LogP contribution is -2.14. The number of nitrogens with one attached hydrogen (secondary N) is 2. The zero-order valence-electron chi connectivity index (χ0n) is 14.4. The molecule has 0 aliphatic heterocycles. The highest BCUT2D eigenvalue weighted by Gasteiger charge is 2.11. The van der Waals surface area contributed by atoms with Gasteiger partial charge in [0.2, 0.25) is 5.95 Å². The lowest BCUT2D eigenvalue weighted by molar-refractivity contribution is 0.102. The summed E-state index contributed by atoms with van der Waals surface area (Å²) in [6, 6.07) is 16.0. The number of ether oxygens (including phenoxy) is 2. The summed E-state index contributed by atoms with van der Waals surface area (Å²) >= 11 is 0. The minimum absolute atomic E-state index is 0.236. The molecular formula is C19H18N4O3. The van der Waals surface area contributed by atoms with Gasteiger partial charge in [-0.2, -0.15) is 0 Å². The van der Waals surface area contributed by atoms with E-state index >= 15 is 0 Å². The molecular weight excluding hydrogens is 332 g/mol. The first-order valence-electron chi connectivity index (χ1n) is 7.88. The molecule has 0 fully saturated rings. The Balaban J connectivity index is 1.77. The number of hydrogen-bond acceptors (Lipinski definition) is 6. The van der Waals surface area contributed by atoms with E-state index in [4.69, 9.17) is 9.47 Å². The predicted molar refractivity (Wildman–Crippen MR) is 99.3 cm³/mol. The Morgan fingerprint density at radius 3 is 2.65 bits per heavy atom. The minimum Gasteiger partial charge on any atom is -0.497 e. The van der Waals surface area contributed by atoms with Crippen LogP contribution in [0.15, 0.2) is 60.8 Å². The highest BCUT2D eigenvalue weighted by Crippen LogP contribution is 2.25. The second-order valence-corrected chi connectivity index (χ2v) is 5.28. The van der Waals surface area contributed by atoms with Gasteiger partial charge in [-0.25, -0.2) is 9.97 Å². The number of amides is 1. The number of hydrogen-bond donors (Lipinski definition) is 2. The number of benzene rings is 2. The number of anilines is 3. The normalized spacial score (nSPS) is 10.1. The molecule has 7 heteroatoms. The minimum atomic E-state index is -0.344. The van der Waals surface area contributed by atoms with Crippen molar-refractivity contribution in [2.75, 3.05) is 24.9 Å². The van der Waals surface area contributed by atoms with Crippen molar-refractivity contribution >= 4 is 23.2 Å². The number of carbonyl (C=O) groups is 1. The maximum absolute atomic E-state index is 12.4. The molecule has 3 rings (SSSR count). The Morgan fingerprint density at radius 1 is 1.00 bits per heavy atom. The van der Waals surface area contributed by atoms with Crippen LogP contribution in [0, 0.1) is 0 Å². The van der Waals surface area contributed by atoms with Crippen LogP contribution in [0.3, 0.4) is 0 Å². The van der Waals surface area contributed by atoms with Crippen molar-refractivity contribution in [3.8, 4) is 11.5 Å². The van der Waals surface area contributed by atoms with Gasteiger partial charge in [0, 0.05) is 18.0 Å². The molecule has 0 atom stereocenters. The lowest BCUT2D eigenvalue weighted by Gasteiger charge is -2.10. The average molecular weight is 350 g/mol. The molecule has 0 radical (unpaired) electrons. The maximum Gasteiger partial charge on any atom is 0.274 e. The molecule has 26 heavy (non-hydrogen) atoms. The molecule has 0 saturated heterocycles. The summed E-state index contributed by atoms with van der Waals surface area (Å²) in [7, 11) is 3.15. The van der Waals surface area contributed by atoms with Gasteiger partial charge >= 0.3 is 0 Å². The van der Waals surface area contributed by atoms with Crippen LogP contribution in [0.4, 0.5) is 17.3 Å². The van der Waals surface area contributed by atoms with Crippen molar-refractivity contribution in [2.45, 2.75) is 0 Å². The van der Waals surface area contributed by atoms with Crippen molar-refractivity contribution < 1.29 is 14.3 Å². The van der Waals surface area contributed by atoms with Crippen LogP contribution in [0.5, 0.6) is 11.5 Å². The van der Waals surface area contributed by atoms with Crippen LogP contribution in [0.1, 0.15) is 10.5 Å². The third-order valence-corrected chi connectivity index (χ3v) is 3.57. The molecule has 0 saturated carbocycles. The monoisotopic (exact) mass is 350 g/mol. The van der Waals surface area contributed by atoms with Gasteiger partial charge in [-0.05, 0) is 30.3 Å². The Morgan fingerprint density at radius 2 is 1.85 bits per heavy atom. The van der Waals surface area contributed by atoms with Crippen LogP contribution in [-0.2, 0) is 0 Å². The summed E-state index contributed by atoms with van der Waals surface area (Å²) in [4.78, 5) is 20.9. The van der Waals surface area contributed by atoms with Gasteiger partial charge in [0.25, 0.3) is 5.91 Å². The fraction of sp³-hybridized carbons (Fsp3) is 0.105. The second kappa shape index (κ2) is 7.98. The van der Waals surface area contributed by atoms with E-state index in [-0.39, 0.29) is 11.6 Å². The molecule has 2 N–H and O–H groups in total. The van der Waals surface area contributed by atoms with E-state index in [9.17, 15) is 4.79 Å². The van der Waals surface area contributed by atoms with E-state index < -0.39 is 0 Å². The van der Waals surface area contributed by atoms with E-state index in [0.717, 1.165) is 0 Å². The zero-order chi connectivity index (χ0) is 18.4. The number of aromatic nitrogens is 2. The molecule has 7 nitrogen and oxygen atoms in total. The highest BCUT2D eigenvalue weighted by atomic mass is 16.5. The Kier molecular flexibility index (Phi) is 5.28. The van der Waals surface area contributed by atoms with Gasteiger partial charge in [-0.3, -0.25) is 4.79 Å². The number of rotatable bonds is 6. The first kappa shape index (κ1) is 17.2. The van der Waals surface area contributed by atoms with Crippen LogP contribution in [0.2, 0.25) is 0 Å². The van der Waals surface area contributed by atoms with E-state index in [1.54, 1.807) is 44.6 Å². The van der Waals surface area contributed by atoms with Gasteiger partial charge in [0.1, 0.15) is 17.2 Å². The van der Waals surface area contributed by atoms with Crippen LogP contribution >= 0.6 is 0 Å². The topological polar surface area (TPSA) is 85.4 Å². The number of methoxy groups -OCH3 is 2. The molecule has 0 bridgehead atoms. The van der Waals surface area contributed by atoms with E-state index in [1.165, 1.54) is 6.20 Å². The largest absolute Gasteiger partial charge is 0.497 e. The van der Waals surface area contributed by atoms with Crippen LogP contribution in [-0.4, -0.2) is 30.1 Å². The van der Waals surface area contributed by atoms with E-state index in [1.807, 2.05) is 24.3 Å². The molecule has 0 spiro atoms. The van der Waals surface area contributed by atoms with Crippen LogP contribution in [0.25, 0.3) is 0 Å². The summed E-state index contributed by atoms with van der Waals surface area (Å²) in [5.41, 5.74) is 1.56. The molecule has 3 aromatic rings. The third kappa shape index (κ3) is 4.07. The van der Waals surface area contributed by atoms with Crippen LogP contribution < -0.4 is 20.1 Å². The number of carbonyl (C=O) groups excluding carboxylic acids is 1. The Bertz CT molecular complexity index is 915. The second-order valence-electron chi connectivity index (χ2n) is 5.28. The predicted octanol–water partition coefficient (Wildman–Crippen LogP) is 3.49. The highest BCUT2D eigenvalue weighted by molar-refractivity contribution is 6.03. The molecule has 1 amide bonds. The molecule has 0 aliphatic rings. The van der Waals surface area contributed by atoms with Crippen molar-refractivity contribution in [2.24, 2.45) is 0 Å². The van der Waals surface area contributed by atoms with Gasteiger partial charge in [-0.15, -0.1) is 0 Å². The van der Waals surface area contributed by atoms with Crippen molar-refractivity contribution in [1.29, 1.82) is 0 Å². The maximum atomic E-state index is 12.4. The molecule has 132 valence electrons. The number of nitrogens with zero attached hydrogens (tertiary/aromatic N) is 2.